The van der Waals surface area contributed by atoms with Gasteiger partial charge in [0.2, 0.25) is 5.91 Å². The van der Waals surface area contributed by atoms with Gasteiger partial charge in [0.1, 0.15) is 6.04 Å². The Hall–Kier alpha value is -2.10. The van der Waals surface area contributed by atoms with E-state index in [1.165, 1.54) is 5.56 Å². The van der Waals surface area contributed by atoms with Crippen LogP contribution in [0.25, 0.3) is 0 Å². The van der Waals surface area contributed by atoms with Gasteiger partial charge in [-0.2, -0.15) is 0 Å². The van der Waals surface area contributed by atoms with Crippen LogP contribution < -0.4 is 10.6 Å². The minimum absolute atomic E-state index is 0.0129. The summed E-state index contributed by atoms with van der Waals surface area (Å²) in [6.07, 6.45) is 5.29. The third kappa shape index (κ3) is 5.15. The van der Waals surface area contributed by atoms with Gasteiger partial charge >= 0.3 is 13.2 Å². The van der Waals surface area contributed by atoms with Gasteiger partial charge in [0.05, 0.1) is 30.4 Å². The van der Waals surface area contributed by atoms with Gasteiger partial charge < -0.3 is 29.8 Å². The number of carbonyl (C=O) groups is 2. The molecule has 1 aromatic carbocycles. The summed E-state index contributed by atoms with van der Waals surface area (Å²) in [5.74, 6) is 0.271. The van der Waals surface area contributed by atoms with E-state index in [0.29, 0.717) is 18.3 Å². The fourth-order valence-electron chi connectivity index (χ4n) is 6.60. The number of aryl methyl sites for hydroxylation is 1. The average Bonchev–Trinajstić information content (AvgIpc) is 3.59. The van der Waals surface area contributed by atoms with Crippen LogP contribution in [-0.4, -0.2) is 60.6 Å². The maximum Gasteiger partial charge on any atom is 0.481 e. The SMILES string of the molecule is CC1(C)[C@@H]2C[C@H]3OB([C@H](CCCc4ccccc4)NC(=O)C(COC4CC4)NC(=O)O)O[C@@]3(C)[C@H]1C2. The van der Waals surface area contributed by atoms with E-state index in [2.05, 4.69) is 43.5 Å². The van der Waals surface area contributed by atoms with Gasteiger partial charge in [-0.05, 0) is 74.7 Å². The van der Waals surface area contributed by atoms with Crippen molar-refractivity contribution in [2.45, 2.75) is 95.5 Å². The monoisotopic (exact) mass is 498 g/mol. The number of benzene rings is 1. The van der Waals surface area contributed by atoms with Gasteiger partial charge in [0, 0.05) is 0 Å². The van der Waals surface area contributed by atoms with Crippen molar-refractivity contribution in [2.75, 3.05) is 6.61 Å². The second-order valence-electron chi connectivity index (χ2n) is 11.9. The third-order valence-electron chi connectivity index (χ3n) is 9.09. The topological polar surface area (TPSA) is 106 Å². The molecule has 3 N–H and O–H groups in total. The molecule has 1 aromatic rings. The molecule has 4 aliphatic carbocycles. The minimum Gasteiger partial charge on any atom is -0.465 e. The second-order valence-corrected chi connectivity index (χ2v) is 11.9. The van der Waals surface area contributed by atoms with Crippen LogP contribution in [0.5, 0.6) is 0 Å². The maximum absolute atomic E-state index is 13.3. The molecule has 2 amide bonds. The molecule has 0 spiro atoms. The largest absolute Gasteiger partial charge is 0.481 e. The lowest BCUT2D eigenvalue weighted by atomic mass is 9.43. The number of nitrogens with one attached hydrogen (secondary N) is 2. The minimum atomic E-state index is -1.25. The molecule has 1 heterocycles. The van der Waals surface area contributed by atoms with Crippen molar-refractivity contribution in [3.63, 3.8) is 0 Å². The predicted molar refractivity (Wildman–Crippen MR) is 135 cm³/mol. The molecule has 6 rings (SSSR count). The van der Waals surface area contributed by atoms with E-state index in [1.807, 2.05) is 18.2 Å². The first-order valence-corrected chi connectivity index (χ1v) is 13.5. The van der Waals surface area contributed by atoms with Gasteiger partial charge in [-0.1, -0.05) is 44.2 Å². The highest BCUT2D eigenvalue weighted by Gasteiger charge is 2.68. The molecule has 8 nitrogen and oxygen atoms in total. The van der Waals surface area contributed by atoms with E-state index >= 15 is 0 Å². The fraction of sp³-hybridized carbons (Fsp3) is 0.704. The van der Waals surface area contributed by atoms with Crippen LogP contribution in [0.1, 0.15) is 64.9 Å². The van der Waals surface area contributed by atoms with Crippen LogP contribution in [0, 0.1) is 17.3 Å². The van der Waals surface area contributed by atoms with Crippen molar-refractivity contribution < 1.29 is 28.7 Å². The van der Waals surface area contributed by atoms with E-state index < -0.39 is 25.2 Å². The summed E-state index contributed by atoms with van der Waals surface area (Å²) >= 11 is 0. The van der Waals surface area contributed by atoms with Crippen LogP contribution >= 0.6 is 0 Å². The Bertz CT molecular complexity index is 957. The van der Waals surface area contributed by atoms with Gasteiger partial charge in [-0.3, -0.25) is 4.79 Å². The Balaban J connectivity index is 1.28. The molecule has 0 radical (unpaired) electrons. The molecule has 4 saturated carbocycles. The molecule has 1 unspecified atom stereocenters. The number of ether oxygens (including phenoxy) is 1. The quantitative estimate of drug-likeness (QED) is 0.403. The highest BCUT2D eigenvalue weighted by Crippen LogP contribution is 2.65. The lowest BCUT2D eigenvalue weighted by Crippen LogP contribution is -2.65. The molecule has 1 aliphatic heterocycles. The second kappa shape index (κ2) is 9.99. The molecule has 9 heteroatoms. The first-order chi connectivity index (χ1) is 17.2. The van der Waals surface area contributed by atoms with Crippen LogP contribution in [0.4, 0.5) is 4.79 Å². The van der Waals surface area contributed by atoms with Crippen molar-refractivity contribution in [1.29, 1.82) is 0 Å². The molecular formula is C27H39BN2O6. The molecule has 1 saturated heterocycles. The molecule has 6 atom stereocenters. The summed E-state index contributed by atoms with van der Waals surface area (Å²) in [4.78, 5) is 24.6. The molecule has 196 valence electrons. The average molecular weight is 498 g/mol. The summed E-state index contributed by atoms with van der Waals surface area (Å²) in [6, 6.07) is 9.27. The van der Waals surface area contributed by atoms with E-state index in [0.717, 1.165) is 38.5 Å². The zero-order chi connectivity index (χ0) is 25.5. The number of rotatable bonds is 11. The fourth-order valence-corrected chi connectivity index (χ4v) is 6.60. The number of hydrogen-bond acceptors (Lipinski definition) is 5. The Morgan fingerprint density at radius 1 is 1.17 bits per heavy atom. The summed E-state index contributed by atoms with van der Waals surface area (Å²) < 4.78 is 18.8. The number of amides is 2. The molecule has 2 bridgehead atoms. The zero-order valence-corrected chi connectivity index (χ0v) is 21.6. The predicted octanol–water partition coefficient (Wildman–Crippen LogP) is 3.58. The Labute approximate surface area is 214 Å². The van der Waals surface area contributed by atoms with Gasteiger partial charge in [0.15, 0.2) is 0 Å². The van der Waals surface area contributed by atoms with Crippen molar-refractivity contribution in [2.24, 2.45) is 17.3 Å². The van der Waals surface area contributed by atoms with Gasteiger partial charge in [-0.25, -0.2) is 4.79 Å². The Kier molecular flexibility index (Phi) is 7.09. The van der Waals surface area contributed by atoms with Crippen LogP contribution in [0.2, 0.25) is 0 Å². The van der Waals surface area contributed by atoms with E-state index in [9.17, 15) is 14.7 Å². The van der Waals surface area contributed by atoms with Crippen molar-refractivity contribution in [3.05, 3.63) is 35.9 Å². The van der Waals surface area contributed by atoms with Gasteiger partial charge in [-0.15, -0.1) is 0 Å². The summed E-state index contributed by atoms with van der Waals surface area (Å²) in [5.41, 5.74) is 1.09. The van der Waals surface area contributed by atoms with Crippen LogP contribution in [-0.2, 0) is 25.3 Å². The maximum atomic E-state index is 13.3. The van der Waals surface area contributed by atoms with Crippen molar-refractivity contribution in [3.8, 4) is 0 Å². The number of hydrogen-bond donors (Lipinski definition) is 3. The first kappa shape index (κ1) is 25.6. The number of carboxylic acid groups (broad SMARTS) is 1. The molecule has 0 aromatic heterocycles. The normalized spacial score (nSPS) is 31.6. The van der Waals surface area contributed by atoms with Gasteiger partial charge in [0.25, 0.3) is 0 Å². The summed E-state index contributed by atoms with van der Waals surface area (Å²) in [5, 5.41) is 14.7. The van der Waals surface area contributed by atoms with Crippen LogP contribution in [0.15, 0.2) is 30.3 Å². The number of carbonyl (C=O) groups excluding carboxylic acids is 1. The molecule has 5 fully saturated rings. The van der Waals surface area contributed by atoms with E-state index in [1.54, 1.807) is 0 Å². The summed E-state index contributed by atoms with van der Waals surface area (Å²) in [6.45, 7) is 6.83. The molecular weight excluding hydrogens is 459 g/mol. The lowest BCUT2D eigenvalue weighted by Gasteiger charge is -2.64. The van der Waals surface area contributed by atoms with E-state index in [-0.39, 0.29) is 35.8 Å². The van der Waals surface area contributed by atoms with Crippen molar-refractivity contribution in [1.82, 2.24) is 10.6 Å². The first-order valence-electron chi connectivity index (χ1n) is 13.5. The lowest BCUT2D eigenvalue weighted by molar-refractivity contribution is -0.199. The van der Waals surface area contributed by atoms with E-state index in [4.69, 9.17) is 14.0 Å². The molecule has 5 aliphatic rings. The Morgan fingerprint density at radius 2 is 1.92 bits per heavy atom. The highest BCUT2D eigenvalue weighted by molar-refractivity contribution is 6.47. The Morgan fingerprint density at radius 3 is 2.58 bits per heavy atom. The van der Waals surface area contributed by atoms with Crippen molar-refractivity contribution >= 4 is 19.1 Å². The standard InChI is InChI=1S/C27H39BN2O6/c1-26(2)18-14-21(26)27(3)22(15-18)35-28(36-27)23(11-7-10-17-8-5-4-6-9-17)30-24(31)20(29-25(32)33)16-34-19-12-13-19/h4-6,8-9,18-23,29H,7,10-16H2,1-3H3,(H,30,31)(H,32,33)/t18-,20?,21-,22+,23-,27-/m0/s1. The molecule has 36 heavy (non-hydrogen) atoms. The summed E-state index contributed by atoms with van der Waals surface area (Å²) in [7, 11) is -0.565. The smallest absolute Gasteiger partial charge is 0.465 e. The third-order valence-corrected chi connectivity index (χ3v) is 9.09. The van der Waals surface area contributed by atoms with Crippen LogP contribution in [0.3, 0.4) is 0 Å². The zero-order valence-electron chi connectivity index (χ0n) is 21.6. The highest BCUT2D eigenvalue weighted by atomic mass is 16.7.